The van der Waals surface area contributed by atoms with E-state index in [1.165, 1.54) is 0 Å². The maximum atomic E-state index is 12.7. The Morgan fingerprint density at radius 2 is 2.10 bits per heavy atom. The predicted octanol–water partition coefficient (Wildman–Crippen LogP) is 3.03. The second-order valence-electron chi connectivity index (χ2n) is 5.35. The zero-order valence-electron chi connectivity index (χ0n) is 12.5. The fourth-order valence-electron chi connectivity index (χ4n) is 2.71. The molecule has 0 saturated carbocycles. The third-order valence-corrected chi connectivity index (χ3v) is 3.99. The van der Waals surface area contributed by atoms with Crippen molar-refractivity contribution in [2.75, 3.05) is 10.2 Å². The number of nitrogens with zero attached hydrogens (tertiary/aromatic N) is 2. The third kappa shape index (κ3) is 2.28. The van der Waals surface area contributed by atoms with Crippen LogP contribution in [0.1, 0.15) is 30.4 Å². The molecule has 2 heterocycles. The van der Waals surface area contributed by atoms with E-state index < -0.39 is 0 Å². The van der Waals surface area contributed by atoms with Gasteiger partial charge in [0.25, 0.3) is 0 Å². The minimum atomic E-state index is -0.180. The summed E-state index contributed by atoms with van der Waals surface area (Å²) in [6.07, 6.45) is 0.755. The van der Waals surface area contributed by atoms with Crippen LogP contribution in [0.15, 0.2) is 28.8 Å². The molecule has 1 aliphatic rings. The number of para-hydroxylation sites is 2. The van der Waals surface area contributed by atoms with Crippen LogP contribution in [-0.4, -0.2) is 17.1 Å². The highest BCUT2D eigenvalue weighted by Crippen LogP contribution is 2.33. The lowest BCUT2D eigenvalue weighted by molar-refractivity contribution is -0.119. The number of aromatic nitrogens is 1. The molecule has 0 aliphatic carbocycles. The molecule has 0 saturated heterocycles. The summed E-state index contributed by atoms with van der Waals surface area (Å²) in [6.45, 7) is 6.29. The maximum Gasteiger partial charge on any atom is 0.249 e. The summed E-state index contributed by atoms with van der Waals surface area (Å²) in [6, 6.07) is 7.71. The highest BCUT2D eigenvalue weighted by molar-refractivity contribution is 6.04. The van der Waals surface area contributed by atoms with Crippen molar-refractivity contribution in [3.63, 3.8) is 0 Å². The number of hydrogen-bond donors (Lipinski definition) is 1. The molecule has 1 aromatic carbocycles. The summed E-state index contributed by atoms with van der Waals surface area (Å²) < 4.78 is 5.21. The van der Waals surface area contributed by atoms with Gasteiger partial charge in [0.05, 0.1) is 23.6 Å². The van der Waals surface area contributed by atoms with Crippen molar-refractivity contribution in [1.29, 1.82) is 0 Å². The molecule has 1 unspecified atom stereocenters. The van der Waals surface area contributed by atoms with Gasteiger partial charge in [-0.1, -0.05) is 24.2 Å². The van der Waals surface area contributed by atoms with E-state index in [9.17, 15) is 4.79 Å². The molecule has 1 N–H and O–H groups in total. The van der Waals surface area contributed by atoms with E-state index in [1.807, 2.05) is 49.9 Å². The van der Waals surface area contributed by atoms with Crippen molar-refractivity contribution in [3.05, 3.63) is 41.3 Å². The average molecular weight is 285 g/mol. The summed E-state index contributed by atoms with van der Waals surface area (Å²) in [7, 11) is 0. The van der Waals surface area contributed by atoms with Crippen molar-refractivity contribution in [3.8, 4) is 0 Å². The van der Waals surface area contributed by atoms with Crippen LogP contribution < -0.4 is 10.2 Å². The molecule has 0 fully saturated rings. The van der Waals surface area contributed by atoms with E-state index >= 15 is 0 Å². The summed E-state index contributed by atoms with van der Waals surface area (Å²) in [5.74, 6) is 0.862. The number of nitrogens with one attached hydrogen (secondary N) is 1. The van der Waals surface area contributed by atoms with E-state index in [4.69, 9.17) is 4.52 Å². The molecular weight excluding hydrogens is 266 g/mol. The second-order valence-corrected chi connectivity index (χ2v) is 5.35. The topological polar surface area (TPSA) is 58.4 Å². The maximum absolute atomic E-state index is 12.7. The van der Waals surface area contributed by atoms with Crippen molar-refractivity contribution in [2.45, 2.75) is 39.8 Å². The molecule has 0 spiro atoms. The number of amides is 1. The van der Waals surface area contributed by atoms with Crippen LogP contribution in [0, 0.1) is 13.8 Å². The lowest BCUT2D eigenvalue weighted by atomic mass is 10.1. The highest BCUT2D eigenvalue weighted by Gasteiger charge is 2.32. The normalized spacial score (nSPS) is 17.6. The van der Waals surface area contributed by atoms with E-state index in [1.54, 1.807) is 0 Å². The number of aryl methyl sites for hydroxylation is 2. The fraction of sp³-hybridized carbons (Fsp3) is 0.375. The van der Waals surface area contributed by atoms with Gasteiger partial charge in [-0.3, -0.25) is 4.79 Å². The summed E-state index contributed by atoms with van der Waals surface area (Å²) in [4.78, 5) is 14.5. The van der Waals surface area contributed by atoms with Crippen LogP contribution in [0.5, 0.6) is 0 Å². The SMILES string of the molecule is CCC1Nc2ccccc2N(Cc2c(C)noc2C)C1=O. The van der Waals surface area contributed by atoms with E-state index in [0.29, 0.717) is 6.54 Å². The van der Waals surface area contributed by atoms with Gasteiger partial charge >= 0.3 is 0 Å². The predicted molar refractivity (Wildman–Crippen MR) is 81.3 cm³/mol. The number of anilines is 2. The van der Waals surface area contributed by atoms with Crippen LogP contribution in [0.2, 0.25) is 0 Å². The van der Waals surface area contributed by atoms with E-state index in [2.05, 4.69) is 10.5 Å². The molecule has 110 valence electrons. The summed E-state index contributed by atoms with van der Waals surface area (Å²) >= 11 is 0. The smallest absolute Gasteiger partial charge is 0.249 e. The molecule has 21 heavy (non-hydrogen) atoms. The first-order valence-electron chi connectivity index (χ1n) is 7.20. The molecule has 1 atom stereocenters. The fourth-order valence-corrected chi connectivity index (χ4v) is 2.71. The summed E-state index contributed by atoms with van der Waals surface area (Å²) in [5.41, 5.74) is 3.72. The Hall–Kier alpha value is -2.30. The number of carbonyl (C=O) groups excluding carboxylic acids is 1. The van der Waals surface area contributed by atoms with Crippen LogP contribution in [0.3, 0.4) is 0 Å². The van der Waals surface area contributed by atoms with Gasteiger partial charge in [-0.05, 0) is 32.4 Å². The second kappa shape index (κ2) is 5.24. The molecule has 3 rings (SSSR count). The minimum absolute atomic E-state index is 0.0937. The first-order chi connectivity index (χ1) is 10.1. The number of rotatable bonds is 3. The standard InChI is InChI=1S/C16H19N3O2/c1-4-13-16(20)19(9-12-10(2)18-21-11(12)3)15-8-6-5-7-14(15)17-13/h5-8,13,17H,4,9H2,1-3H3. The first kappa shape index (κ1) is 13.7. The third-order valence-electron chi connectivity index (χ3n) is 3.99. The van der Waals surface area contributed by atoms with Crippen LogP contribution in [0.25, 0.3) is 0 Å². The lowest BCUT2D eigenvalue weighted by Gasteiger charge is -2.35. The van der Waals surface area contributed by atoms with Gasteiger partial charge in [0, 0.05) is 5.56 Å². The van der Waals surface area contributed by atoms with Gasteiger partial charge in [-0.2, -0.15) is 0 Å². The largest absolute Gasteiger partial charge is 0.372 e. The van der Waals surface area contributed by atoms with E-state index in [0.717, 1.165) is 34.8 Å². The Balaban J connectivity index is 2.01. The van der Waals surface area contributed by atoms with Gasteiger partial charge in [0.1, 0.15) is 11.8 Å². The number of fused-ring (bicyclic) bond motifs is 1. The number of benzene rings is 1. The van der Waals surface area contributed by atoms with Crippen molar-refractivity contribution >= 4 is 17.3 Å². The Kier molecular flexibility index (Phi) is 3.41. The molecule has 0 radical (unpaired) electrons. The van der Waals surface area contributed by atoms with Crippen LogP contribution >= 0.6 is 0 Å². The van der Waals surface area contributed by atoms with Gasteiger partial charge in [0.15, 0.2) is 0 Å². The molecule has 1 aromatic heterocycles. The van der Waals surface area contributed by atoms with Gasteiger partial charge in [0.2, 0.25) is 5.91 Å². The van der Waals surface area contributed by atoms with E-state index in [-0.39, 0.29) is 11.9 Å². The van der Waals surface area contributed by atoms with Crippen LogP contribution in [0.4, 0.5) is 11.4 Å². The van der Waals surface area contributed by atoms with Crippen LogP contribution in [-0.2, 0) is 11.3 Å². The Morgan fingerprint density at radius 1 is 1.33 bits per heavy atom. The monoisotopic (exact) mass is 285 g/mol. The zero-order valence-corrected chi connectivity index (χ0v) is 12.5. The quantitative estimate of drug-likeness (QED) is 0.941. The molecular formula is C16H19N3O2. The molecule has 5 heteroatoms. The Morgan fingerprint density at radius 3 is 2.76 bits per heavy atom. The van der Waals surface area contributed by atoms with Gasteiger partial charge < -0.3 is 14.7 Å². The Bertz CT molecular complexity index is 658. The molecule has 2 aromatic rings. The number of carbonyl (C=O) groups is 1. The highest BCUT2D eigenvalue weighted by atomic mass is 16.5. The lowest BCUT2D eigenvalue weighted by Crippen LogP contribution is -2.46. The number of hydrogen-bond acceptors (Lipinski definition) is 4. The molecule has 1 amide bonds. The van der Waals surface area contributed by atoms with Crippen molar-refractivity contribution in [2.24, 2.45) is 0 Å². The van der Waals surface area contributed by atoms with Gasteiger partial charge in [-0.15, -0.1) is 0 Å². The molecule has 5 nitrogen and oxygen atoms in total. The van der Waals surface area contributed by atoms with Gasteiger partial charge in [-0.25, -0.2) is 0 Å². The first-order valence-corrected chi connectivity index (χ1v) is 7.20. The summed E-state index contributed by atoms with van der Waals surface area (Å²) in [5, 5.41) is 7.28. The average Bonchev–Trinajstić information content (AvgIpc) is 2.81. The van der Waals surface area contributed by atoms with Crippen molar-refractivity contribution in [1.82, 2.24) is 5.16 Å². The molecule has 1 aliphatic heterocycles. The molecule has 0 bridgehead atoms. The minimum Gasteiger partial charge on any atom is -0.372 e. The zero-order chi connectivity index (χ0) is 15.0. The Labute approximate surface area is 123 Å². The van der Waals surface area contributed by atoms with Crippen molar-refractivity contribution < 1.29 is 9.32 Å².